The molecule has 0 aliphatic rings. The van der Waals surface area contributed by atoms with Crippen LogP contribution in [0, 0.1) is 0 Å². The second-order valence-corrected chi connectivity index (χ2v) is 12.3. The molecular formula is C35H69N3O3. The Balaban J connectivity index is 3.54. The van der Waals surface area contributed by atoms with Crippen LogP contribution in [0.4, 0.5) is 0 Å². The van der Waals surface area contributed by atoms with E-state index in [4.69, 9.17) is 5.73 Å². The summed E-state index contributed by atoms with van der Waals surface area (Å²) in [6, 6.07) is -0.902. The predicted octanol–water partition coefficient (Wildman–Crippen LogP) is 9.04. The fraction of sp³-hybridized carbons (Fsp3) is 0.914. The van der Waals surface area contributed by atoms with Crippen LogP contribution in [-0.4, -0.2) is 30.3 Å². The van der Waals surface area contributed by atoms with Gasteiger partial charge in [0.15, 0.2) is 0 Å². The van der Waals surface area contributed by atoms with Gasteiger partial charge >= 0.3 is 0 Å². The van der Waals surface area contributed by atoms with Crippen LogP contribution in [-0.2, 0) is 14.4 Å². The highest BCUT2D eigenvalue weighted by Gasteiger charge is 2.17. The van der Waals surface area contributed by atoms with Crippen molar-refractivity contribution in [1.82, 2.24) is 10.6 Å². The molecule has 0 heterocycles. The van der Waals surface area contributed by atoms with Crippen LogP contribution < -0.4 is 16.4 Å². The minimum absolute atomic E-state index is 0.0646. The molecule has 41 heavy (non-hydrogen) atoms. The Morgan fingerprint density at radius 2 is 0.756 bits per heavy atom. The van der Waals surface area contributed by atoms with Crippen LogP contribution in [0.25, 0.3) is 0 Å². The molecule has 0 aromatic rings. The molecular weight excluding hydrogens is 510 g/mol. The van der Waals surface area contributed by atoms with Crippen molar-refractivity contribution in [3.05, 3.63) is 0 Å². The van der Waals surface area contributed by atoms with Crippen molar-refractivity contribution in [1.29, 1.82) is 0 Å². The van der Waals surface area contributed by atoms with Crippen LogP contribution in [0.2, 0.25) is 0 Å². The summed E-state index contributed by atoms with van der Waals surface area (Å²) >= 11 is 0. The SMILES string of the molecule is CCCCCCCCCCCCCCCC(=O)NCC(N)C(=O)NC(=O)CCCCCCCCCCCCCCC. The fourth-order valence-electron chi connectivity index (χ4n) is 5.30. The molecule has 0 aliphatic carbocycles. The molecule has 3 amide bonds. The Kier molecular flexibility index (Phi) is 30.4. The van der Waals surface area contributed by atoms with Crippen molar-refractivity contribution >= 4 is 17.7 Å². The van der Waals surface area contributed by atoms with Crippen molar-refractivity contribution in [3.63, 3.8) is 0 Å². The first-order valence-corrected chi connectivity index (χ1v) is 17.9. The Hall–Kier alpha value is -1.43. The van der Waals surface area contributed by atoms with Gasteiger partial charge in [-0.05, 0) is 12.8 Å². The first kappa shape index (κ1) is 39.6. The van der Waals surface area contributed by atoms with Crippen molar-refractivity contribution < 1.29 is 14.4 Å². The maximum absolute atomic E-state index is 12.2. The summed E-state index contributed by atoms with van der Waals surface area (Å²) in [6.07, 6.45) is 33.7. The average Bonchev–Trinajstić information content (AvgIpc) is 2.96. The second kappa shape index (κ2) is 31.5. The van der Waals surface area contributed by atoms with E-state index in [0.717, 1.165) is 32.1 Å². The molecule has 0 bridgehead atoms. The van der Waals surface area contributed by atoms with Gasteiger partial charge in [0.25, 0.3) is 0 Å². The van der Waals surface area contributed by atoms with E-state index in [1.54, 1.807) is 0 Å². The zero-order valence-electron chi connectivity index (χ0n) is 27.4. The van der Waals surface area contributed by atoms with Gasteiger partial charge in [-0.25, -0.2) is 0 Å². The van der Waals surface area contributed by atoms with Gasteiger partial charge in [-0.2, -0.15) is 0 Å². The number of amides is 3. The van der Waals surface area contributed by atoms with E-state index in [1.165, 1.54) is 135 Å². The predicted molar refractivity (Wildman–Crippen MR) is 175 cm³/mol. The quantitative estimate of drug-likeness (QED) is 0.0713. The molecule has 0 spiro atoms. The molecule has 1 unspecified atom stereocenters. The van der Waals surface area contributed by atoms with Gasteiger partial charge in [0.2, 0.25) is 17.7 Å². The highest BCUT2D eigenvalue weighted by molar-refractivity contribution is 5.97. The van der Waals surface area contributed by atoms with Gasteiger partial charge < -0.3 is 11.1 Å². The van der Waals surface area contributed by atoms with E-state index in [0.29, 0.717) is 12.8 Å². The smallest absolute Gasteiger partial charge is 0.245 e. The third-order valence-electron chi connectivity index (χ3n) is 8.13. The number of imide groups is 1. The summed E-state index contributed by atoms with van der Waals surface area (Å²) in [5, 5.41) is 5.13. The van der Waals surface area contributed by atoms with Gasteiger partial charge in [-0.15, -0.1) is 0 Å². The highest BCUT2D eigenvalue weighted by Crippen LogP contribution is 2.14. The summed E-state index contributed by atoms with van der Waals surface area (Å²) in [5.74, 6) is -0.854. The number of nitrogens with two attached hydrogens (primary N) is 1. The minimum atomic E-state index is -0.902. The molecule has 6 heteroatoms. The monoisotopic (exact) mass is 580 g/mol. The van der Waals surface area contributed by atoms with E-state index >= 15 is 0 Å². The molecule has 0 aromatic heterocycles. The van der Waals surface area contributed by atoms with Crippen molar-refractivity contribution in [3.8, 4) is 0 Å². The largest absolute Gasteiger partial charge is 0.354 e. The number of rotatable bonds is 31. The van der Waals surface area contributed by atoms with Crippen LogP contribution in [0.1, 0.15) is 194 Å². The standard InChI is InChI=1S/C35H69N3O3/c1-3-5-7-9-11-13-15-17-19-21-23-25-27-29-33(39)37-31-32(36)35(41)38-34(40)30-28-26-24-22-20-18-16-14-12-10-8-6-4-2/h32H,3-31,36H2,1-2H3,(H,37,39)(H,38,40,41). The summed E-state index contributed by atoms with van der Waals surface area (Å²) in [6.45, 7) is 4.58. The van der Waals surface area contributed by atoms with E-state index in [2.05, 4.69) is 24.5 Å². The van der Waals surface area contributed by atoms with Crippen LogP contribution in [0.15, 0.2) is 0 Å². The van der Waals surface area contributed by atoms with Gasteiger partial charge in [0.1, 0.15) is 6.04 Å². The lowest BCUT2D eigenvalue weighted by Gasteiger charge is -2.12. The lowest BCUT2D eigenvalue weighted by Crippen LogP contribution is -2.49. The maximum Gasteiger partial charge on any atom is 0.245 e. The molecule has 0 saturated heterocycles. The van der Waals surface area contributed by atoms with Gasteiger partial charge in [0.05, 0.1) is 0 Å². The molecule has 0 fully saturated rings. The van der Waals surface area contributed by atoms with E-state index in [-0.39, 0.29) is 18.4 Å². The number of unbranched alkanes of at least 4 members (excludes halogenated alkanes) is 24. The van der Waals surface area contributed by atoms with E-state index < -0.39 is 11.9 Å². The lowest BCUT2D eigenvalue weighted by atomic mass is 10.0. The lowest BCUT2D eigenvalue weighted by molar-refractivity contribution is -0.131. The normalized spacial score (nSPS) is 11.9. The highest BCUT2D eigenvalue weighted by atomic mass is 16.2. The Bertz CT molecular complexity index is 611. The van der Waals surface area contributed by atoms with Gasteiger partial charge in [0, 0.05) is 19.4 Å². The third kappa shape index (κ3) is 29.8. The summed E-state index contributed by atoms with van der Waals surface area (Å²) in [7, 11) is 0. The third-order valence-corrected chi connectivity index (χ3v) is 8.13. The first-order chi connectivity index (χ1) is 20.0. The van der Waals surface area contributed by atoms with E-state index in [9.17, 15) is 14.4 Å². The maximum atomic E-state index is 12.2. The Morgan fingerprint density at radius 1 is 0.463 bits per heavy atom. The van der Waals surface area contributed by atoms with Gasteiger partial charge in [-0.1, -0.05) is 168 Å². The molecule has 4 N–H and O–H groups in total. The van der Waals surface area contributed by atoms with E-state index in [1.807, 2.05) is 0 Å². The number of nitrogens with one attached hydrogen (secondary N) is 2. The average molecular weight is 580 g/mol. The van der Waals surface area contributed by atoms with Gasteiger partial charge in [-0.3, -0.25) is 19.7 Å². The van der Waals surface area contributed by atoms with Crippen LogP contribution >= 0.6 is 0 Å². The molecule has 1 atom stereocenters. The van der Waals surface area contributed by atoms with Crippen LogP contribution in [0.3, 0.4) is 0 Å². The minimum Gasteiger partial charge on any atom is -0.354 e. The Morgan fingerprint density at radius 3 is 1.10 bits per heavy atom. The summed E-state index contributed by atoms with van der Waals surface area (Å²) in [5.41, 5.74) is 5.88. The fourth-order valence-corrected chi connectivity index (χ4v) is 5.30. The molecule has 242 valence electrons. The number of carbonyl (C=O) groups excluding carboxylic acids is 3. The van der Waals surface area contributed by atoms with Crippen molar-refractivity contribution in [2.45, 2.75) is 200 Å². The number of hydrogen-bond donors (Lipinski definition) is 3. The van der Waals surface area contributed by atoms with Crippen LogP contribution in [0.5, 0.6) is 0 Å². The number of carbonyl (C=O) groups is 3. The molecule has 0 aromatic carbocycles. The number of hydrogen-bond acceptors (Lipinski definition) is 4. The topological polar surface area (TPSA) is 101 Å². The second-order valence-electron chi connectivity index (χ2n) is 12.3. The zero-order valence-corrected chi connectivity index (χ0v) is 27.4. The molecule has 0 saturated carbocycles. The first-order valence-electron chi connectivity index (χ1n) is 17.9. The molecule has 0 radical (unpaired) electrons. The van der Waals surface area contributed by atoms with Crippen molar-refractivity contribution in [2.75, 3.05) is 6.54 Å². The molecule has 6 nitrogen and oxygen atoms in total. The Labute approximate surface area is 254 Å². The molecule has 0 aliphatic heterocycles. The summed E-state index contributed by atoms with van der Waals surface area (Å²) in [4.78, 5) is 36.3. The van der Waals surface area contributed by atoms with Crippen molar-refractivity contribution in [2.24, 2.45) is 5.73 Å². The zero-order chi connectivity index (χ0) is 30.2. The summed E-state index contributed by atoms with van der Waals surface area (Å²) < 4.78 is 0. The molecule has 0 rings (SSSR count).